The van der Waals surface area contributed by atoms with Gasteiger partial charge in [-0.3, -0.25) is 0 Å². The molecule has 0 unspecified atom stereocenters. The molecular weight excluding hydrogens is 370 g/mol. The second-order valence-electron chi connectivity index (χ2n) is 7.01. The minimum absolute atomic E-state index is 0.301. The zero-order valence-corrected chi connectivity index (χ0v) is 17.0. The van der Waals surface area contributed by atoms with Gasteiger partial charge in [-0.1, -0.05) is 0 Å². The quantitative estimate of drug-likeness (QED) is 0.792. The van der Waals surface area contributed by atoms with E-state index < -0.39 is 10.0 Å². The third-order valence-corrected chi connectivity index (χ3v) is 7.37. The van der Waals surface area contributed by atoms with Crippen LogP contribution in [0.1, 0.15) is 33.1 Å². The summed E-state index contributed by atoms with van der Waals surface area (Å²) in [7, 11) is -3.46. The van der Waals surface area contributed by atoms with E-state index in [1.54, 1.807) is 24.3 Å². The molecule has 0 radical (unpaired) electrons. The van der Waals surface area contributed by atoms with E-state index in [1.165, 1.54) is 10.7 Å². The lowest BCUT2D eigenvalue weighted by molar-refractivity contribution is 0.0730. The fourth-order valence-corrected chi connectivity index (χ4v) is 5.54. The van der Waals surface area contributed by atoms with Crippen LogP contribution in [0, 0.1) is 0 Å². The highest BCUT2D eigenvalue weighted by atomic mass is 32.2. The summed E-state index contributed by atoms with van der Waals surface area (Å²) in [5.41, 5.74) is 0.806. The second kappa shape index (κ2) is 8.21. The Morgan fingerprint density at radius 3 is 2.27 bits per heavy atom. The smallest absolute Gasteiger partial charge is 0.243 e. The van der Waals surface area contributed by atoms with Crippen molar-refractivity contribution >= 4 is 33.0 Å². The summed E-state index contributed by atoms with van der Waals surface area (Å²) in [4.78, 5) is 2.55. The van der Waals surface area contributed by atoms with E-state index in [1.807, 2.05) is 0 Å². The molecule has 0 aromatic heterocycles. The number of anilines is 1. The molecule has 26 heavy (non-hydrogen) atoms. The SMILES string of the molecule is C[C@H]1CCC[C@H](C)N1C(=S)Nc1ccc(S(=O)(=O)N2CCOCC2)cc1. The molecule has 8 heteroatoms. The van der Waals surface area contributed by atoms with Gasteiger partial charge in [-0.2, -0.15) is 4.31 Å². The summed E-state index contributed by atoms with van der Waals surface area (Å²) in [5.74, 6) is 0. The Morgan fingerprint density at radius 1 is 1.12 bits per heavy atom. The van der Waals surface area contributed by atoms with Gasteiger partial charge in [0, 0.05) is 30.9 Å². The topological polar surface area (TPSA) is 61.9 Å². The fraction of sp³-hybridized carbons (Fsp3) is 0.611. The maximum Gasteiger partial charge on any atom is 0.243 e. The van der Waals surface area contributed by atoms with Crippen molar-refractivity contribution in [2.45, 2.75) is 50.1 Å². The van der Waals surface area contributed by atoms with Crippen LogP contribution in [0.2, 0.25) is 0 Å². The molecule has 2 atom stereocenters. The number of piperidine rings is 1. The minimum Gasteiger partial charge on any atom is -0.379 e. The molecule has 0 aliphatic carbocycles. The monoisotopic (exact) mass is 397 g/mol. The van der Waals surface area contributed by atoms with Gasteiger partial charge < -0.3 is 15.0 Å². The van der Waals surface area contributed by atoms with Crippen molar-refractivity contribution in [3.05, 3.63) is 24.3 Å². The molecule has 3 rings (SSSR count). The number of rotatable bonds is 3. The highest BCUT2D eigenvalue weighted by Gasteiger charge is 2.28. The van der Waals surface area contributed by atoms with Gasteiger partial charge in [0.25, 0.3) is 0 Å². The van der Waals surface area contributed by atoms with Gasteiger partial charge in [-0.25, -0.2) is 8.42 Å². The van der Waals surface area contributed by atoms with Crippen molar-refractivity contribution < 1.29 is 13.2 Å². The standard InChI is InChI=1S/C18H27N3O3S2/c1-14-4-3-5-15(2)21(14)18(25)19-16-6-8-17(9-7-16)26(22,23)20-10-12-24-13-11-20/h6-9,14-15H,3-5,10-13H2,1-2H3,(H,19,25)/t14-,15-/m0/s1. The highest BCUT2D eigenvalue weighted by molar-refractivity contribution is 7.89. The summed E-state index contributed by atoms with van der Waals surface area (Å²) in [6.45, 7) is 6.08. The van der Waals surface area contributed by atoms with Crippen LogP contribution in [-0.2, 0) is 14.8 Å². The van der Waals surface area contributed by atoms with Crippen LogP contribution in [0.25, 0.3) is 0 Å². The van der Waals surface area contributed by atoms with Gasteiger partial charge in [-0.15, -0.1) is 0 Å². The predicted octanol–water partition coefficient (Wildman–Crippen LogP) is 2.67. The Labute approximate surface area is 161 Å². The Morgan fingerprint density at radius 2 is 1.69 bits per heavy atom. The lowest BCUT2D eigenvalue weighted by Crippen LogP contribution is -2.49. The first-order valence-corrected chi connectivity index (χ1v) is 11.0. The molecule has 2 fully saturated rings. The molecule has 144 valence electrons. The minimum atomic E-state index is -3.46. The molecule has 0 saturated carbocycles. The average molecular weight is 398 g/mol. The van der Waals surface area contributed by atoms with E-state index >= 15 is 0 Å². The molecule has 1 aromatic carbocycles. The van der Waals surface area contributed by atoms with E-state index in [0.717, 1.165) is 18.5 Å². The third kappa shape index (κ3) is 4.19. The van der Waals surface area contributed by atoms with Gasteiger partial charge >= 0.3 is 0 Å². The molecule has 6 nitrogen and oxygen atoms in total. The number of hydrogen-bond donors (Lipinski definition) is 1. The van der Waals surface area contributed by atoms with Crippen LogP contribution in [0.5, 0.6) is 0 Å². The Hall–Kier alpha value is -1.22. The maximum absolute atomic E-state index is 12.7. The fourth-order valence-electron chi connectivity index (χ4n) is 3.66. The van der Waals surface area contributed by atoms with E-state index in [4.69, 9.17) is 17.0 Å². The number of morpholine rings is 1. The summed E-state index contributed by atoms with van der Waals surface area (Å²) in [6, 6.07) is 7.66. The lowest BCUT2D eigenvalue weighted by Gasteiger charge is -2.40. The molecule has 0 spiro atoms. The molecule has 2 aliphatic rings. The molecule has 1 N–H and O–H groups in total. The van der Waals surface area contributed by atoms with E-state index in [0.29, 0.717) is 48.4 Å². The summed E-state index contributed by atoms with van der Waals surface area (Å²) in [5, 5.41) is 3.96. The van der Waals surface area contributed by atoms with E-state index in [-0.39, 0.29) is 0 Å². The largest absolute Gasteiger partial charge is 0.379 e. The zero-order valence-electron chi connectivity index (χ0n) is 15.3. The number of ether oxygens (including phenoxy) is 1. The Bertz CT molecular complexity index is 721. The number of hydrogen-bond acceptors (Lipinski definition) is 4. The van der Waals surface area contributed by atoms with Crippen LogP contribution in [-0.4, -0.2) is 61.1 Å². The van der Waals surface area contributed by atoms with Crippen LogP contribution >= 0.6 is 12.2 Å². The van der Waals surface area contributed by atoms with Crippen molar-refractivity contribution in [3.63, 3.8) is 0 Å². The second-order valence-corrected chi connectivity index (χ2v) is 9.33. The van der Waals surface area contributed by atoms with Crippen molar-refractivity contribution in [2.75, 3.05) is 31.6 Å². The molecule has 2 heterocycles. The van der Waals surface area contributed by atoms with E-state index in [9.17, 15) is 8.42 Å². The normalized spacial score (nSPS) is 25.1. The maximum atomic E-state index is 12.7. The number of nitrogens with zero attached hydrogens (tertiary/aromatic N) is 2. The van der Waals surface area contributed by atoms with Crippen molar-refractivity contribution in [1.29, 1.82) is 0 Å². The number of thiocarbonyl (C=S) groups is 1. The Balaban J connectivity index is 1.68. The molecule has 0 bridgehead atoms. The first-order chi connectivity index (χ1) is 12.4. The molecular formula is C18H27N3O3S2. The van der Waals surface area contributed by atoms with Gasteiger partial charge in [0.15, 0.2) is 5.11 Å². The van der Waals surface area contributed by atoms with Crippen molar-refractivity contribution in [2.24, 2.45) is 0 Å². The summed E-state index contributed by atoms with van der Waals surface area (Å²) < 4.78 is 32.0. The summed E-state index contributed by atoms with van der Waals surface area (Å²) in [6.07, 6.45) is 3.52. The van der Waals surface area contributed by atoms with Crippen LogP contribution in [0.15, 0.2) is 29.2 Å². The number of nitrogens with one attached hydrogen (secondary N) is 1. The van der Waals surface area contributed by atoms with Gasteiger partial charge in [0.05, 0.1) is 18.1 Å². The van der Waals surface area contributed by atoms with E-state index in [2.05, 4.69) is 24.1 Å². The summed E-state index contributed by atoms with van der Waals surface area (Å²) >= 11 is 5.59. The Kier molecular flexibility index (Phi) is 6.17. The van der Waals surface area contributed by atoms with Crippen molar-refractivity contribution in [1.82, 2.24) is 9.21 Å². The van der Waals surface area contributed by atoms with Gasteiger partial charge in [-0.05, 0) is 69.6 Å². The first kappa shape index (κ1) is 19.5. The molecule has 2 saturated heterocycles. The van der Waals surface area contributed by atoms with Crippen LogP contribution < -0.4 is 5.32 Å². The third-order valence-electron chi connectivity index (χ3n) is 5.14. The highest BCUT2D eigenvalue weighted by Crippen LogP contribution is 2.24. The first-order valence-electron chi connectivity index (χ1n) is 9.17. The molecule has 1 aromatic rings. The van der Waals surface area contributed by atoms with Crippen LogP contribution in [0.4, 0.5) is 5.69 Å². The average Bonchev–Trinajstić information content (AvgIpc) is 2.63. The van der Waals surface area contributed by atoms with Gasteiger partial charge in [0.1, 0.15) is 0 Å². The molecule has 0 amide bonds. The predicted molar refractivity (Wildman–Crippen MR) is 107 cm³/mol. The number of benzene rings is 1. The van der Waals surface area contributed by atoms with Crippen molar-refractivity contribution in [3.8, 4) is 0 Å². The number of likely N-dealkylation sites (tertiary alicyclic amines) is 1. The van der Waals surface area contributed by atoms with Crippen LogP contribution in [0.3, 0.4) is 0 Å². The lowest BCUT2D eigenvalue weighted by atomic mass is 9.98. The molecule has 2 aliphatic heterocycles. The zero-order chi connectivity index (χ0) is 18.7. The number of sulfonamides is 1. The van der Waals surface area contributed by atoms with Gasteiger partial charge in [0.2, 0.25) is 10.0 Å².